The highest BCUT2D eigenvalue weighted by molar-refractivity contribution is 7.92. The smallest absolute Gasteiger partial charge is 0.269 e. The molecule has 0 saturated carbocycles. The van der Waals surface area contributed by atoms with E-state index in [0.29, 0.717) is 33.9 Å². The van der Waals surface area contributed by atoms with Gasteiger partial charge in [-0.3, -0.25) is 19.6 Å². The first-order valence-electron chi connectivity index (χ1n) is 11.2. The molecular formula is C27H20N4O5S. The summed E-state index contributed by atoms with van der Waals surface area (Å²) in [4.78, 5) is 23.7. The van der Waals surface area contributed by atoms with Gasteiger partial charge in [0.15, 0.2) is 0 Å². The maximum Gasteiger partial charge on any atom is 0.269 e. The molecule has 0 spiro atoms. The minimum Gasteiger partial charge on any atom is -0.354 e. The van der Waals surface area contributed by atoms with Crippen LogP contribution in [0.1, 0.15) is 11.1 Å². The summed E-state index contributed by atoms with van der Waals surface area (Å²) in [5.41, 5.74) is 3.10. The molecule has 4 aromatic carbocycles. The van der Waals surface area contributed by atoms with Crippen LogP contribution in [-0.4, -0.2) is 19.2 Å². The summed E-state index contributed by atoms with van der Waals surface area (Å²) in [6.07, 6.45) is 0. The van der Waals surface area contributed by atoms with Crippen LogP contribution in [0.5, 0.6) is 0 Å². The molecule has 0 bridgehead atoms. The summed E-state index contributed by atoms with van der Waals surface area (Å²) >= 11 is 0. The molecule has 1 amide bonds. The Kier molecular flexibility index (Phi) is 6.16. The standard InChI is InChI=1S/C27H20N4O5S/c32-27-25(26(18-7-3-1-4-8-18)28-19-11-13-21(14-12-19)31(33)34)23-17-22(15-16-24(23)29-27)37(35,36)30-20-9-5-2-6-10-20/h1-17,28,30H,(H,29,32). The normalized spacial score (nSPS) is 13.9. The van der Waals surface area contributed by atoms with Crippen molar-refractivity contribution in [2.45, 2.75) is 4.90 Å². The van der Waals surface area contributed by atoms with Crippen molar-refractivity contribution in [1.29, 1.82) is 0 Å². The zero-order valence-electron chi connectivity index (χ0n) is 19.2. The van der Waals surface area contributed by atoms with Crippen LogP contribution in [0, 0.1) is 10.1 Å². The number of fused-ring (bicyclic) bond motifs is 1. The molecule has 3 N–H and O–H groups in total. The molecule has 37 heavy (non-hydrogen) atoms. The Morgan fingerprint density at radius 3 is 2.11 bits per heavy atom. The van der Waals surface area contributed by atoms with E-state index in [9.17, 15) is 23.3 Å². The van der Waals surface area contributed by atoms with E-state index in [4.69, 9.17) is 0 Å². The van der Waals surface area contributed by atoms with Crippen molar-refractivity contribution in [2.24, 2.45) is 0 Å². The van der Waals surface area contributed by atoms with Crippen molar-refractivity contribution in [2.75, 3.05) is 15.4 Å². The molecule has 0 atom stereocenters. The van der Waals surface area contributed by atoms with Gasteiger partial charge in [-0.05, 0) is 48.0 Å². The van der Waals surface area contributed by atoms with Crippen LogP contribution in [0.4, 0.5) is 22.7 Å². The number of carbonyl (C=O) groups is 1. The first kappa shape index (κ1) is 23.8. The van der Waals surface area contributed by atoms with Gasteiger partial charge in [-0.25, -0.2) is 8.42 Å². The second-order valence-corrected chi connectivity index (χ2v) is 9.86. The van der Waals surface area contributed by atoms with Gasteiger partial charge >= 0.3 is 0 Å². The van der Waals surface area contributed by atoms with E-state index >= 15 is 0 Å². The first-order chi connectivity index (χ1) is 17.8. The van der Waals surface area contributed by atoms with Crippen LogP contribution in [0.25, 0.3) is 11.3 Å². The van der Waals surface area contributed by atoms with E-state index in [-0.39, 0.29) is 16.2 Å². The van der Waals surface area contributed by atoms with Crippen LogP contribution < -0.4 is 15.4 Å². The number of nitro benzene ring substituents is 1. The summed E-state index contributed by atoms with van der Waals surface area (Å²) in [5, 5.41) is 17.0. The van der Waals surface area contributed by atoms with Gasteiger partial charge in [-0.2, -0.15) is 0 Å². The second-order valence-electron chi connectivity index (χ2n) is 8.18. The number of non-ortho nitro benzene ring substituents is 1. The summed E-state index contributed by atoms with van der Waals surface area (Å²) in [6, 6.07) is 27.8. The number of rotatable bonds is 7. The van der Waals surface area contributed by atoms with Gasteiger partial charge in [-0.15, -0.1) is 0 Å². The zero-order valence-corrected chi connectivity index (χ0v) is 20.0. The molecule has 0 saturated heterocycles. The van der Waals surface area contributed by atoms with Crippen LogP contribution in [-0.2, 0) is 14.8 Å². The monoisotopic (exact) mass is 512 g/mol. The minimum absolute atomic E-state index is 0.00755. The van der Waals surface area contributed by atoms with Crippen LogP contribution in [0.2, 0.25) is 0 Å². The Bertz CT molecular complexity index is 1640. The number of sulfonamides is 1. The average molecular weight is 513 g/mol. The Balaban J connectivity index is 1.61. The number of hydrogen-bond donors (Lipinski definition) is 3. The third-order valence-electron chi connectivity index (χ3n) is 5.73. The zero-order chi connectivity index (χ0) is 26.0. The maximum atomic E-state index is 13.2. The Hall–Kier alpha value is -4.96. The topological polar surface area (TPSA) is 130 Å². The number of nitrogens with zero attached hydrogens (tertiary/aromatic N) is 1. The van der Waals surface area contributed by atoms with Gasteiger partial charge in [0.05, 0.1) is 21.1 Å². The Morgan fingerprint density at radius 2 is 1.46 bits per heavy atom. The van der Waals surface area contributed by atoms with Crippen molar-refractivity contribution in [3.8, 4) is 0 Å². The number of nitro groups is 1. The number of nitrogens with one attached hydrogen (secondary N) is 3. The number of anilines is 3. The number of hydrogen-bond acceptors (Lipinski definition) is 6. The lowest BCUT2D eigenvalue weighted by atomic mass is 10.00. The fourth-order valence-corrected chi connectivity index (χ4v) is 5.06. The van der Waals surface area contributed by atoms with Crippen LogP contribution >= 0.6 is 0 Å². The largest absolute Gasteiger partial charge is 0.354 e. The fraction of sp³-hybridized carbons (Fsp3) is 0. The minimum atomic E-state index is -3.93. The number of benzene rings is 4. The van der Waals surface area contributed by atoms with E-state index in [2.05, 4.69) is 15.4 Å². The number of carbonyl (C=O) groups excluding carboxylic acids is 1. The number of amides is 1. The summed E-state index contributed by atoms with van der Waals surface area (Å²) in [6.45, 7) is 0. The van der Waals surface area contributed by atoms with Gasteiger partial charge in [-0.1, -0.05) is 48.5 Å². The molecule has 1 aliphatic heterocycles. The molecule has 0 aromatic heterocycles. The SMILES string of the molecule is O=C1Nc2ccc(S(=O)(=O)Nc3ccccc3)cc2C1=C(Nc1ccc([N+](=O)[O-])cc1)c1ccccc1. The molecule has 9 nitrogen and oxygen atoms in total. The molecule has 0 unspecified atom stereocenters. The van der Waals surface area contributed by atoms with Crippen LogP contribution in [0.3, 0.4) is 0 Å². The van der Waals surface area contributed by atoms with E-state index in [1.54, 1.807) is 48.5 Å². The molecule has 184 valence electrons. The quantitative estimate of drug-likeness (QED) is 0.174. The van der Waals surface area contributed by atoms with Crippen molar-refractivity contribution in [3.05, 3.63) is 124 Å². The third kappa shape index (κ3) is 4.91. The highest BCUT2D eigenvalue weighted by atomic mass is 32.2. The summed E-state index contributed by atoms with van der Waals surface area (Å²) in [5.74, 6) is -0.408. The van der Waals surface area contributed by atoms with Gasteiger partial charge < -0.3 is 10.6 Å². The van der Waals surface area contributed by atoms with Gasteiger partial charge in [0.2, 0.25) is 0 Å². The predicted octanol–water partition coefficient (Wildman–Crippen LogP) is 5.33. The predicted molar refractivity (Wildman–Crippen MR) is 142 cm³/mol. The van der Waals surface area contributed by atoms with Crippen molar-refractivity contribution in [1.82, 2.24) is 0 Å². The van der Waals surface area contributed by atoms with Gasteiger partial charge in [0, 0.05) is 34.8 Å². The average Bonchev–Trinajstić information content (AvgIpc) is 3.23. The van der Waals surface area contributed by atoms with E-state index in [1.807, 2.05) is 30.3 Å². The Labute approximate surface area is 212 Å². The molecular weight excluding hydrogens is 492 g/mol. The first-order valence-corrected chi connectivity index (χ1v) is 12.6. The summed E-state index contributed by atoms with van der Waals surface area (Å²) < 4.78 is 28.8. The van der Waals surface area contributed by atoms with Crippen molar-refractivity contribution in [3.63, 3.8) is 0 Å². The molecule has 5 rings (SSSR count). The lowest BCUT2D eigenvalue weighted by molar-refractivity contribution is -0.384. The molecule has 0 radical (unpaired) electrons. The molecule has 4 aromatic rings. The molecule has 0 fully saturated rings. The van der Waals surface area contributed by atoms with E-state index in [0.717, 1.165) is 0 Å². The number of para-hydroxylation sites is 1. The highest BCUT2D eigenvalue weighted by Crippen LogP contribution is 2.39. The fourth-order valence-electron chi connectivity index (χ4n) is 3.98. The molecule has 1 aliphatic rings. The second kappa shape index (κ2) is 9.59. The molecule has 10 heteroatoms. The highest BCUT2D eigenvalue weighted by Gasteiger charge is 2.30. The van der Waals surface area contributed by atoms with Gasteiger partial charge in [0.25, 0.3) is 21.6 Å². The van der Waals surface area contributed by atoms with E-state index in [1.165, 1.54) is 24.3 Å². The molecule has 0 aliphatic carbocycles. The third-order valence-corrected chi connectivity index (χ3v) is 7.11. The van der Waals surface area contributed by atoms with E-state index < -0.39 is 20.9 Å². The maximum absolute atomic E-state index is 13.2. The van der Waals surface area contributed by atoms with Crippen molar-refractivity contribution >= 4 is 50.0 Å². The summed E-state index contributed by atoms with van der Waals surface area (Å²) in [7, 11) is -3.93. The lowest BCUT2D eigenvalue weighted by Crippen LogP contribution is -2.13. The lowest BCUT2D eigenvalue weighted by Gasteiger charge is -2.15. The Morgan fingerprint density at radius 1 is 0.811 bits per heavy atom. The van der Waals surface area contributed by atoms with Crippen LogP contribution in [0.15, 0.2) is 108 Å². The molecule has 1 heterocycles. The van der Waals surface area contributed by atoms with Gasteiger partial charge in [0.1, 0.15) is 0 Å². The van der Waals surface area contributed by atoms with Crippen molar-refractivity contribution < 1.29 is 18.1 Å².